The van der Waals surface area contributed by atoms with Crippen LogP contribution in [0.25, 0.3) is 10.1 Å². The minimum absolute atomic E-state index is 0.0443. The van der Waals surface area contributed by atoms with E-state index in [0.29, 0.717) is 13.0 Å². The van der Waals surface area contributed by atoms with Gasteiger partial charge in [-0.1, -0.05) is 18.2 Å². The molecule has 0 aliphatic rings. The van der Waals surface area contributed by atoms with Crippen molar-refractivity contribution in [3.8, 4) is 0 Å². The molecular weight excluding hydrogens is 234 g/mol. The first-order valence-electron chi connectivity index (χ1n) is 5.61. The number of fused-ring (bicyclic) bond motifs is 1. The van der Waals surface area contributed by atoms with Crippen LogP contribution in [0.3, 0.4) is 0 Å². The lowest BCUT2D eigenvalue weighted by Gasteiger charge is -2.02. The van der Waals surface area contributed by atoms with Crippen molar-refractivity contribution in [3.05, 3.63) is 34.7 Å². The normalized spacial score (nSPS) is 10.7. The van der Waals surface area contributed by atoms with E-state index in [4.69, 9.17) is 5.11 Å². The number of rotatable bonds is 4. The highest BCUT2D eigenvalue weighted by atomic mass is 32.1. The highest BCUT2D eigenvalue weighted by Gasteiger charge is 2.14. The number of hydrogen-bond acceptors (Lipinski definition) is 3. The first-order valence-corrected chi connectivity index (χ1v) is 6.43. The molecule has 1 aromatic carbocycles. The lowest BCUT2D eigenvalue weighted by Crippen LogP contribution is -2.24. The second-order valence-electron chi connectivity index (χ2n) is 3.89. The quantitative estimate of drug-likeness (QED) is 0.817. The Bertz CT molecular complexity index is 533. The maximum atomic E-state index is 11.9. The summed E-state index contributed by atoms with van der Waals surface area (Å²) in [6.45, 7) is 2.59. The molecule has 0 aliphatic heterocycles. The van der Waals surface area contributed by atoms with E-state index in [1.807, 2.05) is 31.2 Å². The molecule has 1 amide bonds. The van der Waals surface area contributed by atoms with E-state index in [2.05, 4.69) is 5.32 Å². The van der Waals surface area contributed by atoms with Crippen LogP contribution in [0.1, 0.15) is 21.7 Å². The largest absolute Gasteiger partial charge is 0.396 e. The molecule has 2 rings (SSSR count). The monoisotopic (exact) mass is 249 g/mol. The maximum Gasteiger partial charge on any atom is 0.261 e. The third-order valence-corrected chi connectivity index (χ3v) is 3.94. The summed E-state index contributed by atoms with van der Waals surface area (Å²) >= 11 is 1.52. The van der Waals surface area contributed by atoms with Crippen LogP contribution < -0.4 is 5.32 Å². The molecule has 4 heteroatoms. The molecule has 3 nitrogen and oxygen atoms in total. The number of amides is 1. The van der Waals surface area contributed by atoms with Crippen LogP contribution in [-0.4, -0.2) is 24.2 Å². The summed E-state index contributed by atoms with van der Waals surface area (Å²) in [6.07, 6.45) is 0.593. The summed E-state index contributed by atoms with van der Waals surface area (Å²) in [7, 11) is 0. The molecular formula is C13H15NO2S. The standard InChI is InChI=1S/C13H15NO2S/c1-9-10-5-2-3-6-11(10)17-12(9)13(16)14-7-4-8-15/h2-3,5-6,15H,4,7-8H2,1H3,(H,14,16). The SMILES string of the molecule is Cc1c(C(=O)NCCCO)sc2ccccc12. The van der Waals surface area contributed by atoms with Crippen LogP contribution in [0.5, 0.6) is 0 Å². The summed E-state index contributed by atoms with van der Waals surface area (Å²) in [6, 6.07) is 8.02. The van der Waals surface area contributed by atoms with Gasteiger partial charge in [-0.3, -0.25) is 4.79 Å². The van der Waals surface area contributed by atoms with Crippen molar-refractivity contribution >= 4 is 27.3 Å². The third-order valence-electron chi connectivity index (χ3n) is 2.67. The number of carbonyl (C=O) groups is 1. The number of aliphatic hydroxyl groups is 1. The second-order valence-corrected chi connectivity index (χ2v) is 4.94. The molecule has 0 unspecified atom stereocenters. The molecule has 2 N–H and O–H groups in total. The Kier molecular flexibility index (Phi) is 3.76. The fourth-order valence-corrected chi connectivity index (χ4v) is 2.88. The number of benzene rings is 1. The number of thiophene rings is 1. The van der Waals surface area contributed by atoms with Gasteiger partial charge < -0.3 is 10.4 Å². The number of nitrogens with one attached hydrogen (secondary N) is 1. The Hall–Kier alpha value is -1.39. The van der Waals surface area contributed by atoms with Crippen molar-refractivity contribution in [3.63, 3.8) is 0 Å². The molecule has 0 spiro atoms. The van der Waals surface area contributed by atoms with E-state index in [1.165, 1.54) is 11.3 Å². The summed E-state index contributed by atoms with van der Waals surface area (Å²) < 4.78 is 1.14. The lowest BCUT2D eigenvalue weighted by molar-refractivity contribution is 0.0955. The number of hydrogen-bond donors (Lipinski definition) is 2. The molecule has 1 heterocycles. The fraction of sp³-hybridized carbons (Fsp3) is 0.308. The molecule has 0 atom stereocenters. The van der Waals surface area contributed by atoms with Gasteiger partial charge in [-0.05, 0) is 30.4 Å². The van der Waals surface area contributed by atoms with Gasteiger partial charge in [-0.15, -0.1) is 11.3 Å². The van der Waals surface area contributed by atoms with E-state index in [-0.39, 0.29) is 12.5 Å². The summed E-state index contributed by atoms with van der Waals surface area (Å²) in [5, 5.41) is 12.6. The second kappa shape index (κ2) is 5.29. The predicted molar refractivity (Wildman–Crippen MR) is 70.6 cm³/mol. The Morgan fingerprint density at radius 3 is 2.88 bits per heavy atom. The van der Waals surface area contributed by atoms with Gasteiger partial charge in [-0.25, -0.2) is 0 Å². The summed E-state index contributed by atoms with van der Waals surface area (Å²) in [4.78, 5) is 12.7. The van der Waals surface area contributed by atoms with Crippen molar-refractivity contribution in [2.24, 2.45) is 0 Å². The van der Waals surface area contributed by atoms with Gasteiger partial charge in [0.1, 0.15) is 0 Å². The Morgan fingerprint density at radius 1 is 1.41 bits per heavy atom. The minimum atomic E-state index is -0.0443. The average molecular weight is 249 g/mol. The van der Waals surface area contributed by atoms with Crippen molar-refractivity contribution in [2.45, 2.75) is 13.3 Å². The first kappa shape index (κ1) is 12.1. The van der Waals surface area contributed by atoms with E-state index in [0.717, 1.165) is 20.5 Å². The van der Waals surface area contributed by atoms with Gasteiger partial charge in [-0.2, -0.15) is 0 Å². The number of aryl methyl sites for hydroxylation is 1. The van der Waals surface area contributed by atoms with Crippen LogP contribution >= 0.6 is 11.3 Å². The van der Waals surface area contributed by atoms with Crippen LogP contribution in [0.2, 0.25) is 0 Å². The van der Waals surface area contributed by atoms with Gasteiger partial charge in [0, 0.05) is 17.9 Å². The first-order chi connectivity index (χ1) is 8.24. The summed E-state index contributed by atoms with van der Waals surface area (Å²) in [5.74, 6) is -0.0443. The maximum absolute atomic E-state index is 11.9. The Labute approximate surface area is 104 Å². The van der Waals surface area contributed by atoms with Crippen LogP contribution in [-0.2, 0) is 0 Å². The minimum Gasteiger partial charge on any atom is -0.396 e. The van der Waals surface area contributed by atoms with E-state index in [1.54, 1.807) is 0 Å². The molecule has 17 heavy (non-hydrogen) atoms. The Balaban J connectivity index is 2.23. The molecule has 90 valence electrons. The zero-order valence-corrected chi connectivity index (χ0v) is 10.5. The molecule has 0 saturated heterocycles. The zero-order valence-electron chi connectivity index (χ0n) is 9.69. The summed E-state index contributed by atoms with van der Waals surface area (Å²) in [5.41, 5.74) is 1.03. The van der Waals surface area contributed by atoms with Crippen LogP contribution in [0, 0.1) is 6.92 Å². The van der Waals surface area contributed by atoms with Gasteiger partial charge >= 0.3 is 0 Å². The lowest BCUT2D eigenvalue weighted by atomic mass is 10.1. The average Bonchev–Trinajstić information content (AvgIpc) is 2.68. The van der Waals surface area contributed by atoms with Crippen molar-refractivity contribution in [1.29, 1.82) is 0 Å². The van der Waals surface area contributed by atoms with Crippen LogP contribution in [0.4, 0.5) is 0 Å². The fourth-order valence-electron chi connectivity index (χ4n) is 1.75. The van der Waals surface area contributed by atoms with E-state index >= 15 is 0 Å². The smallest absolute Gasteiger partial charge is 0.261 e. The molecule has 0 bridgehead atoms. The predicted octanol–water partition coefficient (Wildman–Crippen LogP) is 2.32. The topological polar surface area (TPSA) is 49.3 Å². The van der Waals surface area contributed by atoms with Crippen LogP contribution in [0.15, 0.2) is 24.3 Å². The zero-order chi connectivity index (χ0) is 12.3. The van der Waals surface area contributed by atoms with Gasteiger partial charge in [0.25, 0.3) is 5.91 Å². The van der Waals surface area contributed by atoms with Gasteiger partial charge in [0.15, 0.2) is 0 Å². The molecule has 0 fully saturated rings. The molecule has 0 aliphatic carbocycles. The van der Waals surface area contributed by atoms with Gasteiger partial charge in [0.05, 0.1) is 4.88 Å². The van der Waals surface area contributed by atoms with E-state index < -0.39 is 0 Å². The molecule has 0 saturated carbocycles. The molecule has 1 aromatic heterocycles. The van der Waals surface area contributed by atoms with E-state index in [9.17, 15) is 4.79 Å². The third kappa shape index (κ3) is 2.48. The number of aliphatic hydroxyl groups excluding tert-OH is 1. The van der Waals surface area contributed by atoms with Gasteiger partial charge in [0.2, 0.25) is 0 Å². The number of carbonyl (C=O) groups excluding carboxylic acids is 1. The Morgan fingerprint density at radius 2 is 2.18 bits per heavy atom. The molecule has 2 aromatic rings. The van der Waals surface area contributed by atoms with Crippen molar-refractivity contribution in [1.82, 2.24) is 5.32 Å². The van der Waals surface area contributed by atoms with Crippen molar-refractivity contribution in [2.75, 3.05) is 13.2 Å². The highest BCUT2D eigenvalue weighted by Crippen LogP contribution is 2.30. The molecule has 0 radical (unpaired) electrons. The van der Waals surface area contributed by atoms with Crippen molar-refractivity contribution < 1.29 is 9.90 Å². The highest BCUT2D eigenvalue weighted by molar-refractivity contribution is 7.21.